The zero-order valence-corrected chi connectivity index (χ0v) is 71.2. The van der Waals surface area contributed by atoms with Crippen LogP contribution in [-0.2, 0) is 65.4 Å². The standard InChI is InChI=1S/C87H170O17P2/c1-5-9-13-17-21-25-29-33-36-39-40-41-42-43-44-47-50-54-58-62-66-70-74-87(92)104-83(78-98-85(90)72-68-64-60-56-52-48-45-37-34-30-26-22-18-14-10-6-2)80-102-106(95,96)100-76-81(88)75-99-105(93,94)101-79-82(77-97-84(89)71-67-63-59-55-51-32-28-24-20-16-12-8-4)103-86(91)73-69-65-61-57-53-49-46-38-35-31-27-23-19-15-11-7-3/h81-83,88H,5-80H2,1-4H3,(H,93,94)(H,95,96)/t81-,82+,83+/m0/s1. The number of aliphatic hydroxyl groups excluding tert-OH is 1. The van der Waals surface area contributed by atoms with Gasteiger partial charge in [-0.05, 0) is 25.7 Å². The lowest BCUT2D eigenvalue weighted by molar-refractivity contribution is -0.161. The first-order valence-electron chi connectivity index (χ1n) is 45.3. The summed E-state index contributed by atoms with van der Waals surface area (Å²) in [5.74, 6) is -2.09. The first kappa shape index (κ1) is 104. The fraction of sp³-hybridized carbons (Fsp3) is 0.954. The first-order valence-corrected chi connectivity index (χ1v) is 48.3. The number of ether oxygens (including phenoxy) is 4. The van der Waals surface area contributed by atoms with Crippen molar-refractivity contribution >= 4 is 39.5 Å². The van der Waals surface area contributed by atoms with Crippen LogP contribution in [0.2, 0.25) is 0 Å². The van der Waals surface area contributed by atoms with Gasteiger partial charge in [0.25, 0.3) is 0 Å². The Morgan fingerprint density at radius 1 is 0.226 bits per heavy atom. The van der Waals surface area contributed by atoms with Gasteiger partial charge in [0, 0.05) is 25.7 Å². The lowest BCUT2D eigenvalue weighted by Crippen LogP contribution is -2.30. The molecule has 0 fully saturated rings. The molecular weight excluding hydrogens is 1380 g/mol. The van der Waals surface area contributed by atoms with E-state index in [9.17, 15) is 43.2 Å². The third-order valence-corrected chi connectivity index (χ3v) is 22.5. The van der Waals surface area contributed by atoms with Gasteiger partial charge in [-0.2, -0.15) is 0 Å². The highest BCUT2D eigenvalue weighted by Gasteiger charge is 2.30. The highest BCUT2D eigenvalue weighted by atomic mass is 31.2. The van der Waals surface area contributed by atoms with Crippen molar-refractivity contribution in [2.24, 2.45) is 0 Å². The van der Waals surface area contributed by atoms with E-state index in [1.54, 1.807) is 0 Å². The maximum absolute atomic E-state index is 13.2. The second-order valence-electron chi connectivity index (χ2n) is 31.3. The van der Waals surface area contributed by atoms with Crippen molar-refractivity contribution in [3.8, 4) is 0 Å². The van der Waals surface area contributed by atoms with Gasteiger partial charge in [0.2, 0.25) is 0 Å². The molecule has 630 valence electrons. The average Bonchev–Trinajstić information content (AvgIpc) is 0.903. The lowest BCUT2D eigenvalue weighted by Gasteiger charge is -2.21. The second kappa shape index (κ2) is 81.1. The maximum atomic E-state index is 13.2. The summed E-state index contributed by atoms with van der Waals surface area (Å²) >= 11 is 0. The molecule has 0 rings (SSSR count). The molecular formula is C87H170O17P2. The summed E-state index contributed by atoms with van der Waals surface area (Å²) in [4.78, 5) is 73.3. The predicted octanol–water partition coefficient (Wildman–Crippen LogP) is 26.9. The monoisotopic (exact) mass is 1550 g/mol. The fourth-order valence-electron chi connectivity index (χ4n) is 13.7. The fourth-order valence-corrected chi connectivity index (χ4v) is 15.3. The number of phosphoric acid groups is 2. The molecule has 0 radical (unpaired) electrons. The summed E-state index contributed by atoms with van der Waals surface area (Å²) in [7, 11) is -9.93. The number of carbonyl (C=O) groups excluding carboxylic acids is 4. The quantitative estimate of drug-likeness (QED) is 0.0222. The van der Waals surface area contributed by atoms with E-state index in [0.717, 1.165) is 89.9 Å². The molecule has 0 heterocycles. The van der Waals surface area contributed by atoms with E-state index < -0.39 is 97.5 Å². The second-order valence-corrected chi connectivity index (χ2v) is 34.2. The maximum Gasteiger partial charge on any atom is 0.472 e. The van der Waals surface area contributed by atoms with Gasteiger partial charge >= 0.3 is 39.5 Å². The van der Waals surface area contributed by atoms with Crippen molar-refractivity contribution in [1.82, 2.24) is 0 Å². The van der Waals surface area contributed by atoms with Crippen LogP contribution in [-0.4, -0.2) is 96.7 Å². The Bertz CT molecular complexity index is 2000. The van der Waals surface area contributed by atoms with Crippen LogP contribution in [0.15, 0.2) is 0 Å². The topological polar surface area (TPSA) is 237 Å². The molecule has 0 aliphatic carbocycles. The number of phosphoric ester groups is 2. The minimum Gasteiger partial charge on any atom is -0.462 e. The molecule has 0 spiro atoms. The van der Waals surface area contributed by atoms with Crippen molar-refractivity contribution in [2.75, 3.05) is 39.6 Å². The molecule has 2 unspecified atom stereocenters. The van der Waals surface area contributed by atoms with E-state index in [1.807, 2.05) is 0 Å². The molecule has 0 saturated heterocycles. The number of hydrogen-bond donors (Lipinski definition) is 3. The molecule has 5 atom stereocenters. The van der Waals surface area contributed by atoms with Gasteiger partial charge in [0.05, 0.1) is 26.4 Å². The Morgan fingerprint density at radius 3 is 0.557 bits per heavy atom. The van der Waals surface area contributed by atoms with Crippen LogP contribution in [0.5, 0.6) is 0 Å². The molecule has 0 aromatic heterocycles. The first-order chi connectivity index (χ1) is 51.7. The Hall–Kier alpha value is -1.94. The van der Waals surface area contributed by atoms with Crippen LogP contribution >= 0.6 is 15.6 Å². The number of aliphatic hydroxyl groups is 1. The highest BCUT2D eigenvalue weighted by Crippen LogP contribution is 2.45. The summed E-state index contributed by atoms with van der Waals surface area (Å²) < 4.78 is 69.0. The van der Waals surface area contributed by atoms with Crippen LogP contribution in [0.1, 0.15) is 477 Å². The van der Waals surface area contributed by atoms with E-state index >= 15 is 0 Å². The van der Waals surface area contributed by atoms with Crippen LogP contribution < -0.4 is 0 Å². The summed E-state index contributed by atoms with van der Waals surface area (Å²) in [5.41, 5.74) is 0. The van der Waals surface area contributed by atoms with Crippen molar-refractivity contribution < 1.29 is 80.2 Å². The Labute approximate surface area is 651 Å². The number of carbonyl (C=O) groups is 4. The Morgan fingerprint density at radius 2 is 0.377 bits per heavy atom. The van der Waals surface area contributed by atoms with Gasteiger partial charge < -0.3 is 33.8 Å². The van der Waals surface area contributed by atoms with Gasteiger partial charge in [0.15, 0.2) is 12.2 Å². The molecule has 0 aromatic carbocycles. The third kappa shape index (κ3) is 80.1. The molecule has 3 N–H and O–H groups in total. The van der Waals surface area contributed by atoms with Crippen LogP contribution in [0.3, 0.4) is 0 Å². The molecule has 106 heavy (non-hydrogen) atoms. The van der Waals surface area contributed by atoms with E-state index in [1.165, 1.54) is 308 Å². The van der Waals surface area contributed by atoms with Crippen molar-refractivity contribution in [2.45, 2.75) is 495 Å². The largest absolute Gasteiger partial charge is 0.472 e. The molecule has 17 nitrogen and oxygen atoms in total. The van der Waals surface area contributed by atoms with Gasteiger partial charge in [0.1, 0.15) is 19.3 Å². The highest BCUT2D eigenvalue weighted by molar-refractivity contribution is 7.47. The zero-order chi connectivity index (χ0) is 77.4. The van der Waals surface area contributed by atoms with Gasteiger partial charge in [-0.1, -0.05) is 426 Å². The van der Waals surface area contributed by atoms with Crippen molar-refractivity contribution in [3.63, 3.8) is 0 Å². The average molecular weight is 1550 g/mol. The van der Waals surface area contributed by atoms with Crippen LogP contribution in [0.25, 0.3) is 0 Å². The number of hydrogen-bond acceptors (Lipinski definition) is 15. The summed E-state index contributed by atoms with van der Waals surface area (Å²) in [6, 6.07) is 0. The lowest BCUT2D eigenvalue weighted by atomic mass is 10.0. The van der Waals surface area contributed by atoms with Crippen molar-refractivity contribution in [3.05, 3.63) is 0 Å². The summed E-state index contributed by atoms with van der Waals surface area (Å²) in [6.45, 7) is 5.07. The van der Waals surface area contributed by atoms with Gasteiger partial charge in [-0.25, -0.2) is 9.13 Å². The normalized spacial score (nSPS) is 13.7. The van der Waals surface area contributed by atoms with Crippen LogP contribution in [0.4, 0.5) is 0 Å². The van der Waals surface area contributed by atoms with E-state index in [2.05, 4.69) is 27.7 Å². The minimum atomic E-state index is -4.97. The number of rotatable bonds is 88. The van der Waals surface area contributed by atoms with Crippen molar-refractivity contribution in [1.29, 1.82) is 0 Å². The van der Waals surface area contributed by atoms with Gasteiger partial charge in [-0.3, -0.25) is 37.3 Å². The summed E-state index contributed by atoms with van der Waals surface area (Å²) in [5, 5.41) is 10.7. The SMILES string of the molecule is CCCCCCCCCCCCCCCCCCCCCCCCC(=O)O[C@H](COC(=O)CCCCCCCCCCCCCCCCCC)COP(=O)(O)OC[C@@H](O)COP(=O)(O)OC[C@@H](COC(=O)CCCCCCCCCCCCCC)OC(=O)CCCCCCCCCCCCCCCCCC. The number of esters is 4. The molecule has 0 aliphatic rings. The van der Waals surface area contributed by atoms with Crippen LogP contribution in [0, 0.1) is 0 Å². The predicted molar refractivity (Wildman–Crippen MR) is 437 cm³/mol. The number of unbranched alkanes of at least 4 members (excludes halogenated alkanes) is 62. The molecule has 0 aliphatic heterocycles. The molecule has 0 aromatic rings. The summed E-state index contributed by atoms with van der Waals surface area (Å²) in [6.07, 6.45) is 76.3. The van der Waals surface area contributed by atoms with Gasteiger partial charge in [-0.15, -0.1) is 0 Å². The third-order valence-electron chi connectivity index (χ3n) is 20.6. The minimum absolute atomic E-state index is 0.109. The molecule has 0 amide bonds. The molecule has 19 heteroatoms. The molecule has 0 bridgehead atoms. The molecule has 0 saturated carbocycles. The van der Waals surface area contributed by atoms with E-state index in [4.69, 9.17) is 37.0 Å². The Kier molecular flexibility index (Phi) is 79.6. The smallest absolute Gasteiger partial charge is 0.462 e. The van der Waals surface area contributed by atoms with E-state index in [0.29, 0.717) is 25.7 Å². The Balaban J connectivity index is 5.23. The van der Waals surface area contributed by atoms with E-state index in [-0.39, 0.29) is 25.7 Å². The zero-order valence-electron chi connectivity index (χ0n) is 69.4.